The van der Waals surface area contributed by atoms with Crippen LogP contribution in [0.4, 0.5) is 14.5 Å². The van der Waals surface area contributed by atoms with Gasteiger partial charge in [-0.25, -0.2) is 13.6 Å². The van der Waals surface area contributed by atoms with Gasteiger partial charge < -0.3 is 15.3 Å². The molecule has 7 heteroatoms. The first kappa shape index (κ1) is 15.9. The average Bonchev–Trinajstić information content (AvgIpc) is 2.41. The Morgan fingerprint density at radius 2 is 1.95 bits per heavy atom. The van der Waals surface area contributed by atoms with Crippen LogP contribution < -0.4 is 5.32 Å². The van der Waals surface area contributed by atoms with Crippen molar-refractivity contribution < 1.29 is 23.5 Å². The first-order valence-electron chi connectivity index (χ1n) is 6.02. The Morgan fingerprint density at radius 1 is 1.35 bits per heavy atom. The summed E-state index contributed by atoms with van der Waals surface area (Å²) >= 11 is 0. The molecule has 0 heterocycles. The highest BCUT2D eigenvalue weighted by molar-refractivity contribution is 5.89. The van der Waals surface area contributed by atoms with E-state index >= 15 is 0 Å². The van der Waals surface area contributed by atoms with E-state index in [2.05, 4.69) is 5.32 Å². The van der Waals surface area contributed by atoms with Crippen molar-refractivity contribution in [3.8, 4) is 0 Å². The van der Waals surface area contributed by atoms with Gasteiger partial charge in [-0.05, 0) is 26.0 Å². The van der Waals surface area contributed by atoms with Gasteiger partial charge >= 0.3 is 5.97 Å². The molecule has 1 aromatic carbocycles. The molecule has 0 aromatic heterocycles. The zero-order valence-corrected chi connectivity index (χ0v) is 11.4. The van der Waals surface area contributed by atoms with E-state index in [1.807, 2.05) is 0 Å². The van der Waals surface area contributed by atoms with Crippen LogP contribution in [0.5, 0.6) is 0 Å². The first-order chi connectivity index (χ1) is 9.29. The highest BCUT2D eigenvalue weighted by Crippen LogP contribution is 2.21. The zero-order valence-electron chi connectivity index (χ0n) is 11.4. The van der Waals surface area contributed by atoms with Crippen LogP contribution in [-0.2, 0) is 4.79 Å². The standard InChI is InChI=1S/C13H16F2N2O3/c1-4-17(3)12(18)7(2)16-9-6-5-8(13(19)20)10(14)11(9)15/h5-7,16H,4H2,1-3H3,(H,19,20). The van der Waals surface area contributed by atoms with Gasteiger partial charge in [-0.2, -0.15) is 0 Å². The SMILES string of the molecule is CCN(C)C(=O)C(C)Nc1ccc(C(=O)O)c(F)c1F. The number of likely N-dealkylation sites (N-methyl/N-ethyl adjacent to an activating group) is 1. The maximum Gasteiger partial charge on any atom is 0.338 e. The summed E-state index contributed by atoms with van der Waals surface area (Å²) in [6, 6.07) is 1.28. The number of halogens is 2. The van der Waals surface area contributed by atoms with Crippen molar-refractivity contribution in [3.63, 3.8) is 0 Å². The number of nitrogens with zero attached hydrogens (tertiary/aromatic N) is 1. The molecule has 1 rings (SSSR count). The van der Waals surface area contributed by atoms with E-state index in [1.54, 1.807) is 14.0 Å². The van der Waals surface area contributed by atoms with Crippen molar-refractivity contribution in [2.45, 2.75) is 19.9 Å². The van der Waals surface area contributed by atoms with Crippen LogP contribution in [0.1, 0.15) is 24.2 Å². The van der Waals surface area contributed by atoms with Crippen LogP contribution in [0, 0.1) is 11.6 Å². The van der Waals surface area contributed by atoms with Crippen molar-refractivity contribution in [1.82, 2.24) is 4.90 Å². The van der Waals surface area contributed by atoms with Crippen molar-refractivity contribution in [3.05, 3.63) is 29.3 Å². The fourth-order valence-electron chi connectivity index (χ4n) is 1.61. The molecule has 0 spiro atoms. The Bertz CT molecular complexity index is 535. The van der Waals surface area contributed by atoms with Crippen LogP contribution in [0.2, 0.25) is 0 Å². The van der Waals surface area contributed by atoms with Gasteiger partial charge in [0.1, 0.15) is 6.04 Å². The van der Waals surface area contributed by atoms with Crippen LogP contribution in [0.15, 0.2) is 12.1 Å². The molecule has 1 unspecified atom stereocenters. The quantitative estimate of drug-likeness (QED) is 0.868. The van der Waals surface area contributed by atoms with E-state index in [0.29, 0.717) is 6.54 Å². The summed E-state index contributed by atoms with van der Waals surface area (Å²) in [6.07, 6.45) is 0. The third-order valence-corrected chi connectivity index (χ3v) is 2.91. The van der Waals surface area contributed by atoms with Gasteiger partial charge in [0, 0.05) is 13.6 Å². The van der Waals surface area contributed by atoms with E-state index in [9.17, 15) is 18.4 Å². The largest absolute Gasteiger partial charge is 0.478 e. The van der Waals surface area contributed by atoms with Crippen LogP contribution >= 0.6 is 0 Å². The Hall–Kier alpha value is -2.18. The number of nitrogens with one attached hydrogen (secondary N) is 1. The summed E-state index contributed by atoms with van der Waals surface area (Å²) in [5.74, 6) is -4.60. The van der Waals surface area contributed by atoms with Gasteiger partial charge in [0.25, 0.3) is 0 Å². The minimum Gasteiger partial charge on any atom is -0.478 e. The summed E-state index contributed by atoms with van der Waals surface area (Å²) in [4.78, 5) is 23.9. The maximum absolute atomic E-state index is 13.7. The fraction of sp³-hybridized carbons (Fsp3) is 0.385. The number of carbonyl (C=O) groups excluding carboxylic acids is 1. The van der Waals surface area contributed by atoms with Crippen LogP contribution in [0.25, 0.3) is 0 Å². The number of carboxylic acid groups (broad SMARTS) is 1. The number of carbonyl (C=O) groups is 2. The zero-order chi connectivity index (χ0) is 15.4. The van der Waals surface area contributed by atoms with Crippen molar-refractivity contribution in [2.24, 2.45) is 0 Å². The van der Waals surface area contributed by atoms with Crippen molar-refractivity contribution >= 4 is 17.6 Å². The lowest BCUT2D eigenvalue weighted by Crippen LogP contribution is -2.39. The Kier molecular flexibility index (Phi) is 5.01. The normalized spacial score (nSPS) is 11.8. The molecule has 20 heavy (non-hydrogen) atoms. The number of hydrogen-bond donors (Lipinski definition) is 2. The number of amides is 1. The molecule has 0 fully saturated rings. The molecule has 0 aliphatic rings. The molecule has 0 bridgehead atoms. The highest BCUT2D eigenvalue weighted by Gasteiger charge is 2.21. The van der Waals surface area contributed by atoms with Crippen molar-refractivity contribution in [1.29, 1.82) is 0 Å². The van der Waals surface area contributed by atoms with Crippen LogP contribution in [0.3, 0.4) is 0 Å². The number of hydrogen-bond acceptors (Lipinski definition) is 3. The minimum absolute atomic E-state index is 0.252. The average molecular weight is 286 g/mol. The minimum atomic E-state index is -1.55. The summed E-state index contributed by atoms with van der Waals surface area (Å²) in [6.45, 7) is 3.78. The Labute approximate surface area is 115 Å². The summed E-state index contributed by atoms with van der Waals surface area (Å²) in [5, 5.41) is 11.2. The first-order valence-corrected chi connectivity index (χ1v) is 6.02. The van der Waals surface area contributed by atoms with Crippen LogP contribution in [-0.4, -0.2) is 41.5 Å². The smallest absolute Gasteiger partial charge is 0.338 e. The number of carboxylic acids is 1. The molecule has 2 N–H and O–H groups in total. The second-order valence-corrected chi connectivity index (χ2v) is 4.31. The fourth-order valence-corrected chi connectivity index (χ4v) is 1.61. The highest BCUT2D eigenvalue weighted by atomic mass is 19.2. The molecule has 0 aliphatic heterocycles. The predicted molar refractivity (Wildman–Crippen MR) is 69.7 cm³/mol. The number of aromatic carboxylic acids is 1. The van der Waals surface area contributed by atoms with E-state index in [0.717, 1.165) is 12.1 Å². The molecule has 110 valence electrons. The molecular weight excluding hydrogens is 270 g/mol. The molecule has 0 saturated carbocycles. The van der Waals surface area contributed by atoms with E-state index in [4.69, 9.17) is 5.11 Å². The molecular formula is C13H16F2N2O3. The van der Waals surface area contributed by atoms with Crippen molar-refractivity contribution in [2.75, 3.05) is 18.9 Å². The second-order valence-electron chi connectivity index (χ2n) is 4.31. The monoisotopic (exact) mass is 286 g/mol. The van der Waals surface area contributed by atoms with Gasteiger partial charge in [0.2, 0.25) is 5.91 Å². The second kappa shape index (κ2) is 6.31. The van der Waals surface area contributed by atoms with Gasteiger partial charge in [-0.1, -0.05) is 0 Å². The lowest BCUT2D eigenvalue weighted by molar-refractivity contribution is -0.130. The van der Waals surface area contributed by atoms with Gasteiger partial charge in [0.05, 0.1) is 11.3 Å². The van der Waals surface area contributed by atoms with Gasteiger partial charge in [-0.15, -0.1) is 0 Å². The number of benzene rings is 1. The van der Waals surface area contributed by atoms with E-state index in [1.165, 1.54) is 11.8 Å². The Morgan fingerprint density at radius 3 is 2.45 bits per heavy atom. The van der Waals surface area contributed by atoms with Gasteiger partial charge in [0.15, 0.2) is 11.6 Å². The molecule has 0 aliphatic carbocycles. The number of anilines is 1. The molecule has 1 amide bonds. The maximum atomic E-state index is 13.7. The molecule has 0 saturated heterocycles. The number of rotatable bonds is 5. The lowest BCUT2D eigenvalue weighted by atomic mass is 10.1. The molecule has 1 atom stereocenters. The predicted octanol–water partition coefficient (Wildman–Crippen LogP) is 1.94. The third-order valence-electron chi connectivity index (χ3n) is 2.91. The molecule has 0 radical (unpaired) electrons. The summed E-state index contributed by atoms with van der Waals surface area (Å²) < 4.78 is 27.2. The molecule has 5 nitrogen and oxygen atoms in total. The van der Waals surface area contributed by atoms with E-state index < -0.39 is 29.2 Å². The molecule has 1 aromatic rings. The Balaban J connectivity index is 2.97. The third kappa shape index (κ3) is 3.23. The van der Waals surface area contributed by atoms with E-state index in [-0.39, 0.29) is 11.6 Å². The summed E-state index contributed by atoms with van der Waals surface area (Å²) in [5.41, 5.74) is -1.00. The topological polar surface area (TPSA) is 69.6 Å². The van der Waals surface area contributed by atoms with Gasteiger partial charge in [-0.3, -0.25) is 4.79 Å². The summed E-state index contributed by atoms with van der Waals surface area (Å²) in [7, 11) is 1.59. The lowest BCUT2D eigenvalue weighted by Gasteiger charge is -2.21.